The summed E-state index contributed by atoms with van der Waals surface area (Å²) in [6, 6.07) is 1.26. The van der Waals surface area contributed by atoms with E-state index in [2.05, 4.69) is 21.5 Å². The first-order chi connectivity index (χ1) is 9.85. The largest absolute Gasteiger partial charge is 0.384 e. The van der Waals surface area contributed by atoms with Gasteiger partial charge >= 0.3 is 0 Å². The molecule has 21 heavy (non-hydrogen) atoms. The zero-order valence-electron chi connectivity index (χ0n) is 12.5. The van der Waals surface area contributed by atoms with E-state index in [0.29, 0.717) is 12.0 Å². The number of hydrogen-bond donors (Lipinski definition) is 2. The SMILES string of the molecule is CC(CCN(C)C)NS(=O)(=O)c1cncc(C#CCO)c1. The third-order valence-electron chi connectivity index (χ3n) is 2.70. The van der Waals surface area contributed by atoms with Crippen LogP contribution in [0.2, 0.25) is 0 Å². The van der Waals surface area contributed by atoms with Gasteiger partial charge in [-0.3, -0.25) is 4.98 Å². The predicted octanol–water partition coefficient (Wildman–Crippen LogP) is 0.0439. The molecule has 7 heteroatoms. The maximum atomic E-state index is 12.3. The van der Waals surface area contributed by atoms with Crippen molar-refractivity contribution >= 4 is 10.0 Å². The first-order valence-corrected chi connectivity index (χ1v) is 8.05. The summed E-state index contributed by atoms with van der Waals surface area (Å²) >= 11 is 0. The lowest BCUT2D eigenvalue weighted by molar-refractivity contribution is 0.350. The summed E-state index contributed by atoms with van der Waals surface area (Å²) in [5.74, 6) is 5.10. The Hall–Kier alpha value is -1.46. The van der Waals surface area contributed by atoms with Crippen LogP contribution in [-0.4, -0.2) is 56.7 Å². The topological polar surface area (TPSA) is 82.5 Å². The molecule has 0 aliphatic heterocycles. The predicted molar refractivity (Wildman–Crippen MR) is 81.2 cm³/mol. The van der Waals surface area contributed by atoms with Crippen LogP contribution in [0.3, 0.4) is 0 Å². The monoisotopic (exact) mass is 311 g/mol. The number of hydrogen-bond acceptors (Lipinski definition) is 5. The van der Waals surface area contributed by atoms with Crippen LogP contribution in [0.5, 0.6) is 0 Å². The molecule has 0 aromatic carbocycles. The van der Waals surface area contributed by atoms with Crippen molar-refractivity contribution in [2.75, 3.05) is 27.2 Å². The zero-order chi connectivity index (χ0) is 15.9. The van der Waals surface area contributed by atoms with Crippen molar-refractivity contribution < 1.29 is 13.5 Å². The minimum Gasteiger partial charge on any atom is -0.384 e. The molecule has 1 aromatic heterocycles. The minimum atomic E-state index is -3.62. The zero-order valence-corrected chi connectivity index (χ0v) is 13.3. The van der Waals surface area contributed by atoms with Gasteiger partial charge < -0.3 is 10.0 Å². The van der Waals surface area contributed by atoms with Crippen LogP contribution >= 0.6 is 0 Å². The molecule has 0 saturated heterocycles. The molecule has 0 amide bonds. The molecule has 0 saturated carbocycles. The van der Waals surface area contributed by atoms with Gasteiger partial charge in [0, 0.05) is 24.0 Å². The Morgan fingerprint density at radius 2 is 2.14 bits per heavy atom. The Bertz CT molecular complexity index is 618. The number of pyridine rings is 1. The van der Waals surface area contributed by atoms with Crippen LogP contribution in [0.4, 0.5) is 0 Å². The van der Waals surface area contributed by atoms with Gasteiger partial charge in [0.25, 0.3) is 0 Å². The van der Waals surface area contributed by atoms with Gasteiger partial charge in [-0.15, -0.1) is 0 Å². The lowest BCUT2D eigenvalue weighted by Gasteiger charge is -2.16. The number of nitrogens with zero attached hydrogens (tertiary/aromatic N) is 2. The molecular formula is C14H21N3O3S. The number of rotatable bonds is 6. The molecular weight excluding hydrogens is 290 g/mol. The summed E-state index contributed by atoms with van der Waals surface area (Å²) in [7, 11) is 0.262. The van der Waals surface area contributed by atoms with Gasteiger partial charge in [0.2, 0.25) is 10.0 Å². The van der Waals surface area contributed by atoms with Crippen molar-refractivity contribution in [1.29, 1.82) is 0 Å². The summed E-state index contributed by atoms with van der Waals surface area (Å²) in [4.78, 5) is 5.94. The molecule has 6 nitrogen and oxygen atoms in total. The molecule has 1 unspecified atom stereocenters. The highest BCUT2D eigenvalue weighted by Gasteiger charge is 2.18. The van der Waals surface area contributed by atoms with E-state index >= 15 is 0 Å². The van der Waals surface area contributed by atoms with Gasteiger partial charge in [0.1, 0.15) is 11.5 Å². The fraction of sp³-hybridized carbons (Fsp3) is 0.500. The third-order valence-corrected chi connectivity index (χ3v) is 4.26. The van der Waals surface area contributed by atoms with E-state index in [1.165, 1.54) is 18.5 Å². The Morgan fingerprint density at radius 3 is 2.76 bits per heavy atom. The van der Waals surface area contributed by atoms with Crippen LogP contribution < -0.4 is 4.72 Å². The minimum absolute atomic E-state index is 0.0731. The molecule has 0 fully saturated rings. The van der Waals surface area contributed by atoms with Gasteiger partial charge in [-0.25, -0.2) is 13.1 Å². The van der Waals surface area contributed by atoms with Gasteiger partial charge in [0.05, 0.1) is 0 Å². The van der Waals surface area contributed by atoms with Gasteiger partial charge in [-0.2, -0.15) is 0 Å². The van der Waals surface area contributed by atoms with Crippen molar-refractivity contribution in [3.8, 4) is 11.8 Å². The molecule has 0 spiro atoms. The second-order valence-electron chi connectivity index (χ2n) is 4.98. The van der Waals surface area contributed by atoms with Crippen LogP contribution in [0.25, 0.3) is 0 Å². The van der Waals surface area contributed by atoms with Crippen LogP contribution in [-0.2, 0) is 10.0 Å². The average molecular weight is 311 g/mol. The van der Waals surface area contributed by atoms with Crippen molar-refractivity contribution in [1.82, 2.24) is 14.6 Å². The van der Waals surface area contributed by atoms with Gasteiger partial charge in [-0.05, 0) is 40.1 Å². The third kappa shape index (κ3) is 6.23. The lowest BCUT2D eigenvalue weighted by Crippen LogP contribution is -2.34. The second kappa shape index (κ2) is 8.10. The maximum Gasteiger partial charge on any atom is 0.242 e. The summed E-state index contributed by atoms with van der Waals surface area (Å²) < 4.78 is 27.1. The quantitative estimate of drug-likeness (QED) is 0.725. The Balaban J connectivity index is 2.83. The highest BCUT2D eigenvalue weighted by atomic mass is 32.2. The van der Waals surface area contributed by atoms with E-state index in [1.54, 1.807) is 0 Å². The number of sulfonamides is 1. The highest BCUT2D eigenvalue weighted by Crippen LogP contribution is 2.10. The smallest absolute Gasteiger partial charge is 0.242 e. The lowest BCUT2D eigenvalue weighted by atomic mass is 10.2. The second-order valence-corrected chi connectivity index (χ2v) is 6.70. The molecule has 116 valence electrons. The molecule has 1 atom stereocenters. The van der Waals surface area contributed by atoms with Gasteiger partial charge in [0.15, 0.2) is 0 Å². The Morgan fingerprint density at radius 1 is 1.43 bits per heavy atom. The first-order valence-electron chi connectivity index (χ1n) is 6.57. The van der Waals surface area contributed by atoms with E-state index in [1.807, 2.05) is 25.9 Å². The summed E-state index contributed by atoms with van der Waals surface area (Å²) in [5.41, 5.74) is 0.452. The van der Waals surface area contributed by atoms with E-state index in [9.17, 15) is 8.42 Å². The van der Waals surface area contributed by atoms with Crippen LogP contribution in [0.1, 0.15) is 18.9 Å². The molecule has 2 N–H and O–H groups in total. The molecule has 0 radical (unpaired) electrons. The summed E-state index contributed by atoms with van der Waals surface area (Å²) in [6.45, 7) is 2.34. The number of aromatic nitrogens is 1. The highest BCUT2D eigenvalue weighted by molar-refractivity contribution is 7.89. The van der Waals surface area contributed by atoms with E-state index in [4.69, 9.17) is 5.11 Å². The maximum absolute atomic E-state index is 12.3. The fourth-order valence-electron chi connectivity index (χ4n) is 1.62. The molecule has 1 rings (SSSR count). The molecule has 0 aliphatic rings. The molecule has 0 aliphatic carbocycles. The van der Waals surface area contributed by atoms with Crippen molar-refractivity contribution in [2.45, 2.75) is 24.3 Å². The van der Waals surface area contributed by atoms with Crippen molar-refractivity contribution in [2.24, 2.45) is 0 Å². The van der Waals surface area contributed by atoms with Crippen molar-refractivity contribution in [3.05, 3.63) is 24.0 Å². The fourth-order valence-corrected chi connectivity index (χ4v) is 2.88. The number of nitrogens with one attached hydrogen (secondary N) is 1. The Kier molecular flexibility index (Phi) is 6.78. The van der Waals surface area contributed by atoms with Crippen molar-refractivity contribution in [3.63, 3.8) is 0 Å². The van der Waals surface area contributed by atoms with E-state index < -0.39 is 10.0 Å². The van der Waals surface area contributed by atoms with Crippen LogP contribution in [0, 0.1) is 11.8 Å². The van der Waals surface area contributed by atoms with Gasteiger partial charge in [-0.1, -0.05) is 11.8 Å². The molecule has 1 heterocycles. The summed E-state index contributed by atoms with van der Waals surface area (Å²) in [5, 5.41) is 8.65. The van der Waals surface area contributed by atoms with Crippen LogP contribution in [0.15, 0.2) is 23.4 Å². The number of aliphatic hydroxyl groups is 1. The molecule has 0 bridgehead atoms. The molecule has 1 aromatic rings. The number of aliphatic hydroxyl groups excluding tert-OH is 1. The van der Waals surface area contributed by atoms with E-state index in [-0.39, 0.29) is 17.5 Å². The normalized spacial score (nSPS) is 12.8. The average Bonchev–Trinajstić information content (AvgIpc) is 2.43. The standard InChI is InChI=1S/C14H21N3O3S/c1-12(6-7-17(2)3)16-21(19,20)14-9-13(5-4-8-18)10-15-11-14/h9-12,16,18H,6-8H2,1-3H3. The Labute approximate surface area is 126 Å². The van der Waals surface area contributed by atoms with E-state index in [0.717, 1.165) is 6.54 Å². The first kappa shape index (κ1) is 17.6. The summed E-state index contributed by atoms with van der Waals surface area (Å²) in [6.07, 6.45) is 3.45.